The molecule has 6 heteroatoms. The predicted octanol–water partition coefficient (Wildman–Crippen LogP) is 3.71. The van der Waals surface area contributed by atoms with Gasteiger partial charge in [-0.2, -0.15) is 0 Å². The minimum Gasteiger partial charge on any atom is -0.481 e. The van der Waals surface area contributed by atoms with E-state index in [0.29, 0.717) is 22.7 Å². The van der Waals surface area contributed by atoms with Crippen LogP contribution in [0.25, 0.3) is 0 Å². The van der Waals surface area contributed by atoms with Gasteiger partial charge in [0.25, 0.3) is 0 Å². The number of hydrogen-bond acceptors (Lipinski definition) is 4. The first-order valence-corrected chi connectivity index (χ1v) is 6.42. The van der Waals surface area contributed by atoms with Gasteiger partial charge in [-0.1, -0.05) is 29.3 Å². The number of aryl methyl sites for hydroxylation is 1. The van der Waals surface area contributed by atoms with Crippen molar-refractivity contribution in [2.24, 2.45) is 0 Å². The van der Waals surface area contributed by atoms with E-state index >= 15 is 0 Å². The van der Waals surface area contributed by atoms with E-state index in [1.807, 2.05) is 19.1 Å². The molecule has 0 saturated carbocycles. The van der Waals surface area contributed by atoms with Crippen LogP contribution in [0.3, 0.4) is 0 Å². The van der Waals surface area contributed by atoms with Crippen LogP contribution in [0.15, 0.2) is 24.3 Å². The van der Waals surface area contributed by atoms with Gasteiger partial charge < -0.3 is 10.1 Å². The zero-order valence-corrected chi connectivity index (χ0v) is 12.1. The molecule has 0 fully saturated rings. The molecule has 2 rings (SSSR count). The van der Waals surface area contributed by atoms with Gasteiger partial charge in [0.15, 0.2) is 5.15 Å². The van der Waals surface area contributed by atoms with E-state index in [1.54, 1.807) is 19.2 Å². The molecule has 0 aliphatic rings. The third-order valence-corrected chi connectivity index (χ3v) is 3.04. The highest BCUT2D eigenvalue weighted by molar-refractivity contribution is 6.34. The maximum absolute atomic E-state index is 6.06. The first kappa shape index (κ1) is 13.9. The second kappa shape index (κ2) is 6.08. The summed E-state index contributed by atoms with van der Waals surface area (Å²) in [5.41, 5.74) is 2.55. The van der Waals surface area contributed by atoms with Crippen LogP contribution >= 0.6 is 23.2 Å². The molecular formula is C13H13Cl2N3O. The molecule has 0 unspecified atom stereocenters. The summed E-state index contributed by atoms with van der Waals surface area (Å²) >= 11 is 11.9. The first-order chi connectivity index (χ1) is 9.10. The molecule has 0 bridgehead atoms. The molecule has 2 aromatic rings. The molecule has 0 saturated heterocycles. The summed E-state index contributed by atoms with van der Waals surface area (Å²) in [5, 5.41) is 3.94. The number of nitrogens with zero attached hydrogens (tertiary/aromatic N) is 2. The van der Waals surface area contributed by atoms with Gasteiger partial charge in [0.1, 0.15) is 5.15 Å². The summed E-state index contributed by atoms with van der Waals surface area (Å²) in [6.45, 7) is 2.45. The number of hydrogen-bond donors (Lipinski definition) is 1. The summed E-state index contributed by atoms with van der Waals surface area (Å²) in [4.78, 5) is 8.31. The van der Waals surface area contributed by atoms with Gasteiger partial charge in [0.05, 0.1) is 25.0 Å². The van der Waals surface area contributed by atoms with Crippen LogP contribution in [0.4, 0.5) is 5.69 Å². The SMILES string of the molecule is COc1cccc(CNc2c(C)cc(Cl)nc2Cl)n1. The zero-order chi connectivity index (χ0) is 13.8. The van der Waals surface area contributed by atoms with Crippen molar-refractivity contribution in [2.75, 3.05) is 12.4 Å². The third-order valence-electron chi connectivity index (χ3n) is 2.58. The van der Waals surface area contributed by atoms with E-state index < -0.39 is 0 Å². The van der Waals surface area contributed by atoms with Gasteiger partial charge in [-0.3, -0.25) is 0 Å². The quantitative estimate of drug-likeness (QED) is 0.874. The lowest BCUT2D eigenvalue weighted by molar-refractivity contribution is 0.396. The maximum atomic E-state index is 6.06. The molecule has 100 valence electrons. The average Bonchev–Trinajstić information content (AvgIpc) is 2.37. The molecule has 0 radical (unpaired) electrons. The van der Waals surface area contributed by atoms with Gasteiger partial charge in [-0.05, 0) is 24.6 Å². The van der Waals surface area contributed by atoms with E-state index in [2.05, 4.69) is 15.3 Å². The molecular weight excluding hydrogens is 285 g/mol. The van der Waals surface area contributed by atoms with Crippen molar-refractivity contribution >= 4 is 28.9 Å². The lowest BCUT2D eigenvalue weighted by atomic mass is 10.2. The highest BCUT2D eigenvalue weighted by Crippen LogP contribution is 2.26. The largest absolute Gasteiger partial charge is 0.481 e. The van der Waals surface area contributed by atoms with Gasteiger partial charge in [0, 0.05) is 6.07 Å². The minimum absolute atomic E-state index is 0.355. The summed E-state index contributed by atoms with van der Waals surface area (Å²) in [5.74, 6) is 0.580. The fourth-order valence-electron chi connectivity index (χ4n) is 1.66. The Bertz CT molecular complexity index is 567. The predicted molar refractivity (Wildman–Crippen MR) is 77.1 cm³/mol. The highest BCUT2D eigenvalue weighted by Gasteiger charge is 2.07. The Hall–Kier alpha value is -1.52. The average molecular weight is 298 g/mol. The number of aromatic nitrogens is 2. The second-order valence-corrected chi connectivity index (χ2v) is 4.70. The van der Waals surface area contributed by atoms with Gasteiger partial charge >= 0.3 is 0 Å². The molecule has 0 spiro atoms. The Morgan fingerprint density at radius 1 is 1.26 bits per heavy atom. The lowest BCUT2D eigenvalue weighted by Gasteiger charge is -2.11. The molecule has 0 aliphatic carbocycles. The third kappa shape index (κ3) is 3.49. The fourth-order valence-corrected chi connectivity index (χ4v) is 2.25. The Balaban J connectivity index is 2.14. The van der Waals surface area contributed by atoms with Crippen molar-refractivity contribution in [2.45, 2.75) is 13.5 Å². The van der Waals surface area contributed by atoms with Crippen LogP contribution in [0, 0.1) is 6.92 Å². The number of nitrogens with one attached hydrogen (secondary N) is 1. The van der Waals surface area contributed by atoms with Crippen LogP contribution in [0.2, 0.25) is 10.3 Å². The minimum atomic E-state index is 0.355. The van der Waals surface area contributed by atoms with Crippen LogP contribution < -0.4 is 10.1 Å². The summed E-state index contributed by atoms with van der Waals surface area (Å²) in [7, 11) is 1.59. The van der Waals surface area contributed by atoms with Crippen LogP contribution in [-0.2, 0) is 6.54 Å². The van der Waals surface area contributed by atoms with E-state index in [0.717, 1.165) is 16.9 Å². The molecule has 19 heavy (non-hydrogen) atoms. The van der Waals surface area contributed by atoms with Crippen molar-refractivity contribution in [1.82, 2.24) is 9.97 Å². The molecule has 1 N–H and O–H groups in total. The standard InChI is InChI=1S/C13H13Cl2N3O/c1-8-6-10(14)18-13(15)12(8)16-7-9-4-3-5-11(17-9)19-2/h3-6,16H,7H2,1-2H3. The number of ether oxygens (including phenoxy) is 1. The molecule has 0 aromatic carbocycles. The molecule has 2 aromatic heterocycles. The van der Waals surface area contributed by atoms with Crippen LogP contribution in [0.1, 0.15) is 11.3 Å². The van der Waals surface area contributed by atoms with Crippen molar-refractivity contribution in [3.63, 3.8) is 0 Å². The summed E-state index contributed by atoms with van der Waals surface area (Å²) < 4.78 is 5.08. The highest BCUT2D eigenvalue weighted by atomic mass is 35.5. The summed E-state index contributed by atoms with van der Waals surface area (Å²) in [6, 6.07) is 7.35. The number of rotatable bonds is 4. The Labute approximate surface area is 121 Å². The van der Waals surface area contributed by atoms with Gasteiger partial charge in [0.2, 0.25) is 5.88 Å². The van der Waals surface area contributed by atoms with Gasteiger partial charge in [-0.25, -0.2) is 9.97 Å². The molecule has 2 heterocycles. The molecule has 0 atom stereocenters. The van der Waals surface area contributed by atoms with E-state index in [4.69, 9.17) is 27.9 Å². The van der Waals surface area contributed by atoms with Crippen molar-refractivity contribution in [3.8, 4) is 5.88 Å². The molecule has 4 nitrogen and oxygen atoms in total. The number of halogens is 2. The number of methoxy groups -OCH3 is 1. The Kier molecular flexibility index (Phi) is 4.45. The topological polar surface area (TPSA) is 47.0 Å². The first-order valence-electron chi connectivity index (χ1n) is 5.66. The van der Waals surface area contributed by atoms with Crippen molar-refractivity contribution in [3.05, 3.63) is 45.8 Å². The Morgan fingerprint density at radius 3 is 2.74 bits per heavy atom. The normalized spacial score (nSPS) is 10.3. The Morgan fingerprint density at radius 2 is 2.05 bits per heavy atom. The molecule has 0 amide bonds. The van der Waals surface area contributed by atoms with Crippen LogP contribution in [0.5, 0.6) is 5.88 Å². The van der Waals surface area contributed by atoms with Crippen molar-refractivity contribution in [1.29, 1.82) is 0 Å². The second-order valence-electron chi connectivity index (χ2n) is 3.95. The zero-order valence-electron chi connectivity index (χ0n) is 10.6. The van der Waals surface area contributed by atoms with E-state index in [1.165, 1.54) is 0 Å². The monoisotopic (exact) mass is 297 g/mol. The van der Waals surface area contributed by atoms with E-state index in [9.17, 15) is 0 Å². The lowest BCUT2D eigenvalue weighted by Crippen LogP contribution is -2.05. The summed E-state index contributed by atoms with van der Waals surface area (Å²) in [6.07, 6.45) is 0. The van der Waals surface area contributed by atoms with E-state index in [-0.39, 0.29) is 0 Å². The maximum Gasteiger partial charge on any atom is 0.213 e. The molecule has 0 aliphatic heterocycles. The van der Waals surface area contributed by atoms with Crippen LogP contribution in [-0.4, -0.2) is 17.1 Å². The smallest absolute Gasteiger partial charge is 0.213 e. The number of anilines is 1. The number of pyridine rings is 2. The fraction of sp³-hybridized carbons (Fsp3) is 0.231. The van der Waals surface area contributed by atoms with Crippen molar-refractivity contribution < 1.29 is 4.74 Å². The van der Waals surface area contributed by atoms with Gasteiger partial charge in [-0.15, -0.1) is 0 Å².